The topological polar surface area (TPSA) is 31.0 Å². The predicted molar refractivity (Wildman–Crippen MR) is 209 cm³/mol. The van der Waals surface area contributed by atoms with E-state index in [2.05, 4.69) is 162 Å². The number of fused-ring (bicyclic) bond motifs is 7. The number of pyridine rings is 1. The molecule has 8 rings (SSSR count). The number of allylic oxidation sites excluding steroid dienone is 3. The van der Waals surface area contributed by atoms with Crippen molar-refractivity contribution in [1.82, 2.24) is 9.55 Å². The molecule has 3 nitrogen and oxygen atoms in total. The SMILES string of the molecule is Cc1cccc2c1oc1ccc(-c3ccc4c(c3)c3c(n4-c4ccc5cc([Si](C(C)C)(C(C)C)C(C)C)ccc5n4)C=CC=CC3)cc12. The number of benzene rings is 4. The molecule has 4 aromatic carbocycles. The number of aromatic nitrogens is 2. The molecule has 240 valence electrons. The molecule has 0 radical (unpaired) electrons. The van der Waals surface area contributed by atoms with E-state index < -0.39 is 8.07 Å². The molecule has 1 aliphatic rings. The lowest BCUT2D eigenvalue weighted by Crippen LogP contribution is -2.55. The molecule has 1 aliphatic carbocycles. The lowest BCUT2D eigenvalue weighted by atomic mass is 9.99. The monoisotopic (exact) mass is 644 g/mol. The summed E-state index contributed by atoms with van der Waals surface area (Å²) in [6.45, 7) is 16.7. The van der Waals surface area contributed by atoms with Gasteiger partial charge < -0.3 is 4.42 Å². The van der Waals surface area contributed by atoms with Crippen molar-refractivity contribution in [1.29, 1.82) is 0 Å². The van der Waals surface area contributed by atoms with E-state index >= 15 is 0 Å². The van der Waals surface area contributed by atoms with Crippen molar-refractivity contribution in [3.05, 3.63) is 120 Å². The van der Waals surface area contributed by atoms with Gasteiger partial charge >= 0.3 is 0 Å². The summed E-state index contributed by atoms with van der Waals surface area (Å²) >= 11 is 0. The van der Waals surface area contributed by atoms with Crippen molar-refractivity contribution in [2.75, 3.05) is 0 Å². The van der Waals surface area contributed by atoms with Crippen molar-refractivity contribution >= 4 is 63.1 Å². The number of aryl methyl sites for hydroxylation is 1. The second-order valence-corrected chi connectivity index (χ2v) is 20.6. The van der Waals surface area contributed by atoms with Crippen molar-refractivity contribution in [2.45, 2.75) is 71.5 Å². The number of furan rings is 1. The summed E-state index contributed by atoms with van der Waals surface area (Å²) in [5.74, 6) is 0.961. The third-order valence-corrected chi connectivity index (χ3v) is 18.3. The van der Waals surface area contributed by atoms with E-state index in [1.807, 2.05) is 0 Å². The standard InChI is InChI=1S/C44H44N2OSi/c1-27(2)48(28(3)4,29(5)6)34-19-20-39-33(24-34)18-23-43(45-39)46-40-15-10-8-9-13-35(40)37-25-31(16-21-41(37)46)32-17-22-42-38(26-32)36-14-11-12-30(7)44(36)47-42/h8-12,14-29H,13H2,1-7H3. The van der Waals surface area contributed by atoms with Crippen molar-refractivity contribution in [3.63, 3.8) is 0 Å². The van der Waals surface area contributed by atoms with Crippen LogP contribution >= 0.6 is 0 Å². The number of para-hydroxylation sites is 1. The zero-order valence-electron chi connectivity index (χ0n) is 29.1. The Morgan fingerprint density at radius 3 is 2.25 bits per heavy atom. The van der Waals surface area contributed by atoms with Crippen LogP contribution in [-0.2, 0) is 6.42 Å². The van der Waals surface area contributed by atoms with E-state index in [9.17, 15) is 0 Å². The molecule has 4 heteroatoms. The first-order chi connectivity index (χ1) is 23.2. The zero-order valence-corrected chi connectivity index (χ0v) is 30.1. The average molecular weight is 645 g/mol. The van der Waals surface area contributed by atoms with Crippen molar-refractivity contribution < 1.29 is 4.42 Å². The zero-order chi connectivity index (χ0) is 33.3. The number of hydrogen-bond donors (Lipinski definition) is 0. The number of rotatable bonds is 6. The Hall–Kier alpha value is -4.67. The molecule has 48 heavy (non-hydrogen) atoms. The Kier molecular flexibility index (Phi) is 7.33. The molecule has 0 bridgehead atoms. The van der Waals surface area contributed by atoms with E-state index in [0.29, 0.717) is 16.6 Å². The minimum Gasteiger partial charge on any atom is -0.456 e. The number of hydrogen-bond acceptors (Lipinski definition) is 2. The fraction of sp³-hybridized carbons (Fsp3) is 0.250. The molecule has 7 aromatic rings. The minimum absolute atomic E-state index is 0.666. The van der Waals surface area contributed by atoms with Crippen molar-refractivity contribution in [3.8, 4) is 16.9 Å². The van der Waals surface area contributed by atoms with E-state index in [1.165, 1.54) is 44.1 Å². The van der Waals surface area contributed by atoms with Gasteiger partial charge in [-0.2, -0.15) is 0 Å². The van der Waals surface area contributed by atoms with Crippen LogP contribution < -0.4 is 5.19 Å². The summed E-state index contributed by atoms with van der Waals surface area (Å²) in [6.07, 6.45) is 9.69. The molecule has 0 saturated heterocycles. The molecule has 0 spiro atoms. The molecule has 0 aliphatic heterocycles. The van der Waals surface area contributed by atoms with Gasteiger partial charge in [0.2, 0.25) is 0 Å². The first-order valence-electron chi connectivity index (χ1n) is 17.5. The van der Waals surface area contributed by atoms with Gasteiger partial charge in [-0.05, 0) is 101 Å². The maximum absolute atomic E-state index is 6.25. The summed E-state index contributed by atoms with van der Waals surface area (Å²) in [6, 6.07) is 31.5. The molecule has 0 fully saturated rings. The Balaban J connectivity index is 1.26. The van der Waals surface area contributed by atoms with Crippen LogP contribution in [0.5, 0.6) is 0 Å². The van der Waals surface area contributed by atoms with Crippen LogP contribution in [0.2, 0.25) is 16.6 Å². The quantitative estimate of drug-likeness (QED) is 0.169. The van der Waals surface area contributed by atoms with Crippen LogP contribution in [0, 0.1) is 6.92 Å². The Bertz CT molecular complexity index is 2410. The Morgan fingerprint density at radius 2 is 1.48 bits per heavy atom. The van der Waals surface area contributed by atoms with E-state index in [-0.39, 0.29) is 0 Å². The summed E-state index contributed by atoms with van der Waals surface area (Å²) in [4.78, 5) is 5.32. The predicted octanol–water partition coefficient (Wildman–Crippen LogP) is 12.1. The third kappa shape index (κ3) is 4.57. The van der Waals surface area contributed by atoms with Gasteiger partial charge in [0.25, 0.3) is 0 Å². The van der Waals surface area contributed by atoms with Gasteiger partial charge in [-0.25, -0.2) is 4.98 Å². The van der Waals surface area contributed by atoms with Crippen LogP contribution in [0.4, 0.5) is 0 Å². The number of nitrogens with zero attached hydrogens (tertiary/aromatic N) is 2. The van der Waals surface area contributed by atoms with Gasteiger partial charge in [0.1, 0.15) is 17.0 Å². The summed E-state index contributed by atoms with van der Waals surface area (Å²) in [7, 11) is -1.76. The lowest BCUT2D eigenvalue weighted by Gasteiger charge is -2.43. The molecule has 0 unspecified atom stereocenters. The first-order valence-corrected chi connectivity index (χ1v) is 19.8. The second-order valence-electron chi connectivity index (χ2n) is 14.7. The summed E-state index contributed by atoms with van der Waals surface area (Å²) in [5, 5.41) is 6.39. The molecular weight excluding hydrogens is 601 g/mol. The lowest BCUT2D eigenvalue weighted by molar-refractivity contribution is 0.666. The highest BCUT2D eigenvalue weighted by atomic mass is 28.3. The van der Waals surface area contributed by atoms with Crippen molar-refractivity contribution in [2.24, 2.45) is 0 Å². The highest BCUT2D eigenvalue weighted by Crippen LogP contribution is 2.42. The van der Waals surface area contributed by atoms with Gasteiger partial charge in [-0.1, -0.05) is 107 Å². The van der Waals surface area contributed by atoms with Gasteiger partial charge in [-0.3, -0.25) is 4.57 Å². The third-order valence-electron chi connectivity index (χ3n) is 11.2. The summed E-state index contributed by atoms with van der Waals surface area (Å²) < 4.78 is 8.60. The first kappa shape index (κ1) is 30.6. The van der Waals surface area contributed by atoms with Gasteiger partial charge in [0.15, 0.2) is 0 Å². The van der Waals surface area contributed by atoms with Crippen LogP contribution in [0.15, 0.2) is 108 Å². The van der Waals surface area contributed by atoms with Crippen LogP contribution in [0.25, 0.3) is 66.8 Å². The Morgan fingerprint density at radius 1 is 0.729 bits per heavy atom. The Labute approximate surface area is 284 Å². The maximum Gasteiger partial charge on any atom is 0.138 e. The highest BCUT2D eigenvalue weighted by Gasteiger charge is 2.44. The smallest absolute Gasteiger partial charge is 0.138 e. The van der Waals surface area contributed by atoms with E-state index in [1.54, 1.807) is 5.19 Å². The minimum atomic E-state index is -1.76. The van der Waals surface area contributed by atoms with E-state index in [4.69, 9.17) is 9.40 Å². The second kappa shape index (κ2) is 11.5. The van der Waals surface area contributed by atoms with Gasteiger partial charge in [0.05, 0.1) is 24.8 Å². The molecule has 0 N–H and O–H groups in total. The van der Waals surface area contributed by atoms with E-state index in [0.717, 1.165) is 39.9 Å². The normalized spacial score (nSPS) is 13.6. The molecular formula is C44H44N2OSi. The molecule has 0 saturated carbocycles. The maximum atomic E-state index is 6.25. The molecule has 0 atom stereocenters. The van der Waals surface area contributed by atoms with Gasteiger partial charge in [-0.15, -0.1) is 0 Å². The fourth-order valence-electron chi connectivity index (χ4n) is 9.23. The summed E-state index contributed by atoms with van der Waals surface area (Å²) in [5.41, 5.74) is 12.2. The van der Waals surface area contributed by atoms with Gasteiger partial charge in [0, 0.05) is 21.5 Å². The fourth-order valence-corrected chi connectivity index (χ4v) is 16.0. The average Bonchev–Trinajstić information content (AvgIpc) is 3.48. The molecule has 3 aromatic heterocycles. The van der Waals surface area contributed by atoms with Crippen LogP contribution in [0.3, 0.4) is 0 Å². The largest absolute Gasteiger partial charge is 0.456 e. The highest BCUT2D eigenvalue weighted by molar-refractivity contribution is 6.95. The van der Waals surface area contributed by atoms with Crippen LogP contribution in [-0.4, -0.2) is 17.6 Å². The van der Waals surface area contributed by atoms with Crippen LogP contribution in [0.1, 0.15) is 58.4 Å². The molecule has 0 amide bonds. The molecule has 3 heterocycles.